The van der Waals surface area contributed by atoms with Gasteiger partial charge in [-0.05, 0) is 44.2 Å². The van der Waals surface area contributed by atoms with Crippen molar-refractivity contribution in [1.82, 2.24) is 9.55 Å². The normalized spacial score (nSPS) is 11.1. The molecule has 0 aliphatic rings. The monoisotopic (exact) mass is 431 g/mol. The third kappa shape index (κ3) is 4.03. The summed E-state index contributed by atoms with van der Waals surface area (Å²) in [6.07, 6.45) is 2.75. The number of hydrazone groups is 1. The van der Waals surface area contributed by atoms with E-state index >= 15 is 0 Å². The number of aryl methyl sites for hydroxylation is 1. The largest absolute Gasteiger partial charge is 0.315 e. The Morgan fingerprint density at radius 1 is 1.30 bits per heavy atom. The van der Waals surface area contributed by atoms with Crippen LogP contribution < -0.4 is 5.43 Å². The summed E-state index contributed by atoms with van der Waals surface area (Å²) in [5.74, 6) is 0.0486. The van der Waals surface area contributed by atoms with Crippen LogP contribution in [0, 0.1) is 29.8 Å². The maximum atomic E-state index is 14.3. The number of nitrogens with one attached hydrogen (secondary N) is 1. The van der Waals surface area contributed by atoms with Crippen molar-refractivity contribution >= 4 is 33.6 Å². The Morgan fingerprint density at radius 2 is 2.07 bits per heavy atom. The van der Waals surface area contributed by atoms with E-state index in [9.17, 15) is 14.5 Å². The van der Waals surface area contributed by atoms with Crippen LogP contribution in [0.2, 0.25) is 0 Å². The van der Waals surface area contributed by atoms with Gasteiger partial charge in [0.1, 0.15) is 17.8 Å². The molecule has 2 aromatic heterocycles. The Hall–Kier alpha value is -3.07. The van der Waals surface area contributed by atoms with Crippen molar-refractivity contribution in [3.8, 4) is 5.69 Å². The molecule has 27 heavy (non-hydrogen) atoms. The van der Waals surface area contributed by atoms with Crippen LogP contribution in [0.4, 0.5) is 15.9 Å². The van der Waals surface area contributed by atoms with E-state index in [0.717, 1.165) is 23.1 Å². The smallest absolute Gasteiger partial charge is 0.287 e. The van der Waals surface area contributed by atoms with Crippen molar-refractivity contribution in [2.75, 3.05) is 5.43 Å². The molecule has 1 aromatic carbocycles. The standard InChI is InChI=1S/C18H15BrFN5O2/c1-11-7-13(9-22-23-18-6-4-15(10-21-18)25(26)27)12(2)24(11)17-5-3-14(19)8-16(17)20/h3-10H,1-2H3,(H,21,23)/b22-9+. The predicted molar refractivity (Wildman–Crippen MR) is 105 cm³/mol. The summed E-state index contributed by atoms with van der Waals surface area (Å²) in [5, 5.41) is 14.7. The molecule has 0 saturated heterocycles. The molecule has 0 saturated carbocycles. The van der Waals surface area contributed by atoms with Gasteiger partial charge in [0.15, 0.2) is 0 Å². The summed E-state index contributed by atoms with van der Waals surface area (Å²) in [4.78, 5) is 14.0. The Bertz CT molecular complexity index is 1030. The van der Waals surface area contributed by atoms with E-state index in [0.29, 0.717) is 16.0 Å². The number of rotatable bonds is 5. The second-order valence-electron chi connectivity index (χ2n) is 5.79. The van der Waals surface area contributed by atoms with Gasteiger partial charge >= 0.3 is 0 Å². The minimum absolute atomic E-state index is 0.0930. The molecule has 3 aromatic rings. The molecule has 0 atom stereocenters. The van der Waals surface area contributed by atoms with Crippen molar-refractivity contribution in [3.63, 3.8) is 0 Å². The lowest BCUT2D eigenvalue weighted by atomic mass is 10.2. The van der Waals surface area contributed by atoms with Gasteiger partial charge in [-0.3, -0.25) is 15.5 Å². The van der Waals surface area contributed by atoms with Gasteiger partial charge in [0.05, 0.1) is 16.8 Å². The van der Waals surface area contributed by atoms with Gasteiger partial charge in [-0.2, -0.15) is 5.10 Å². The van der Waals surface area contributed by atoms with Crippen LogP contribution in [-0.4, -0.2) is 20.7 Å². The first kappa shape index (κ1) is 18.7. The van der Waals surface area contributed by atoms with E-state index in [2.05, 4.69) is 31.4 Å². The molecule has 7 nitrogen and oxygen atoms in total. The summed E-state index contributed by atoms with van der Waals surface area (Å²) >= 11 is 3.26. The van der Waals surface area contributed by atoms with E-state index in [-0.39, 0.29) is 11.5 Å². The molecule has 138 valence electrons. The molecule has 2 heterocycles. The van der Waals surface area contributed by atoms with Gasteiger partial charge in [0, 0.05) is 27.5 Å². The lowest BCUT2D eigenvalue weighted by Crippen LogP contribution is -2.02. The molecule has 1 N–H and O–H groups in total. The number of halogens is 2. The molecule has 0 radical (unpaired) electrons. The van der Waals surface area contributed by atoms with Crippen LogP contribution in [0.25, 0.3) is 5.69 Å². The van der Waals surface area contributed by atoms with Crippen molar-refractivity contribution < 1.29 is 9.31 Å². The minimum atomic E-state index is -0.518. The number of nitrogens with zero attached hydrogens (tertiary/aromatic N) is 4. The van der Waals surface area contributed by atoms with Gasteiger partial charge in [-0.15, -0.1) is 0 Å². The fraction of sp³-hybridized carbons (Fsp3) is 0.111. The number of hydrogen-bond acceptors (Lipinski definition) is 5. The third-order valence-corrected chi connectivity index (χ3v) is 4.46. The highest BCUT2D eigenvalue weighted by Crippen LogP contribution is 2.24. The van der Waals surface area contributed by atoms with Crippen LogP contribution >= 0.6 is 15.9 Å². The number of anilines is 1. The highest BCUT2D eigenvalue weighted by molar-refractivity contribution is 9.10. The molecule has 9 heteroatoms. The highest BCUT2D eigenvalue weighted by Gasteiger charge is 2.13. The van der Waals surface area contributed by atoms with Crippen molar-refractivity contribution in [3.05, 3.63) is 80.0 Å². The second-order valence-corrected chi connectivity index (χ2v) is 6.70. The molecule has 3 rings (SSSR count). The first-order valence-corrected chi connectivity index (χ1v) is 8.70. The van der Waals surface area contributed by atoms with Gasteiger partial charge in [0.2, 0.25) is 0 Å². The SMILES string of the molecule is Cc1cc(/C=N/Nc2ccc([N+](=O)[O-])cn2)c(C)n1-c1ccc(Br)cc1F. The Labute approximate surface area is 162 Å². The summed E-state index contributed by atoms with van der Waals surface area (Å²) in [7, 11) is 0. The molecule has 0 spiro atoms. The molecule has 0 amide bonds. The molecule has 0 unspecified atom stereocenters. The molecule has 0 fully saturated rings. The van der Waals surface area contributed by atoms with Crippen molar-refractivity contribution in [1.29, 1.82) is 0 Å². The van der Waals surface area contributed by atoms with E-state index in [1.54, 1.807) is 18.3 Å². The molecule has 0 aliphatic carbocycles. The zero-order chi connectivity index (χ0) is 19.6. The number of hydrogen-bond donors (Lipinski definition) is 1. The van der Waals surface area contributed by atoms with Gasteiger partial charge in [-0.1, -0.05) is 15.9 Å². The highest BCUT2D eigenvalue weighted by atomic mass is 79.9. The van der Waals surface area contributed by atoms with Gasteiger partial charge < -0.3 is 4.57 Å². The van der Waals surface area contributed by atoms with Gasteiger partial charge in [0.25, 0.3) is 5.69 Å². The number of aromatic nitrogens is 2. The minimum Gasteiger partial charge on any atom is -0.315 e. The molecule has 0 bridgehead atoms. The van der Waals surface area contributed by atoms with Crippen LogP contribution in [0.5, 0.6) is 0 Å². The number of pyridine rings is 1. The first-order chi connectivity index (χ1) is 12.9. The van der Waals surface area contributed by atoms with Gasteiger partial charge in [-0.25, -0.2) is 9.37 Å². The maximum Gasteiger partial charge on any atom is 0.287 e. The summed E-state index contributed by atoms with van der Waals surface area (Å²) in [6.45, 7) is 3.76. The van der Waals surface area contributed by atoms with E-state index in [1.807, 2.05) is 24.5 Å². The number of benzene rings is 1. The lowest BCUT2D eigenvalue weighted by Gasteiger charge is -2.11. The van der Waals surface area contributed by atoms with Crippen molar-refractivity contribution in [2.24, 2.45) is 5.10 Å². The summed E-state index contributed by atoms with van der Waals surface area (Å²) in [6, 6.07) is 9.62. The van der Waals surface area contributed by atoms with Crippen LogP contribution in [0.15, 0.2) is 52.2 Å². The Kier molecular flexibility index (Phi) is 5.31. The summed E-state index contributed by atoms with van der Waals surface area (Å²) in [5.41, 5.74) is 5.59. The number of nitro groups is 1. The fourth-order valence-electron chi connectivity index (χ4n) is 2.68. The zero-order valence-corrected chi connectivity index (χ0v) is 16.1. The quantitative estimate of drug-likeness (QED) is 0.358. The van der Waals surface area contributed by atoms with E-state index < -0.39 is 4.92 Å². The van der Waals surface area contributed by atoms with E-state index in [4.69, 9.17) is 0 Å². The predicted octanol–water partition coefficient (Wildman–Crippen LogP) is 4.74. The van der Waals surface area contributed by atoms with Crippen LogP contribution in [0.3, 0.4) is 0 Å². The first-order valence-electron chi connectivity index (χ1n) is 7.90. The zero-order valence-electron chi connectivity index (χ0n) is 14.5. The Balaban J connectivity index is 1.82. The topological polar surface area (TPSA) is 85.3 Å². The molecule has 0 aliphatic heterocycles. The lowest BCUT2D eigenvalue weighted by molar-refractivity contribution is -0.385. The fourth-order valence-corrected chi connectivity index (χ4v) is 3.01. The maximum absolute atomic E-state index is 14.3. The molecular weight excluding hydrogens is 417 g/mol. The Morgan fingerprint density at radius 3 is 2.70 bits per heavy atom. The average Bonchev–Trinajstić information content (AvgIpc) is 2.90. The van der Waals surface area contributed by atoms with Crippen molar-refractivity contribution in [2.45, 2.75) is 13.8 Å². The average molecular weight is 432 g/mol. The summed E-state index contributed by atoms with van der Waals surface area (Å²) < 4.78 is 16.8. The third-order valence-electron chi connectivity index (χ3n) is 3.96. The van der Waals surface area contributed by atoms with Crippen LogP contribution in [0.1, 0.15) is 17.0 Å². The van der Waals surface area contributed by atoms with E-state index in [1.165, 1.54) is 18.2 Å². The van der Waals surface area contributed by atoms with Crippen LogP contribution in [-0.2, 0) is 0 Å². The molecular formula is C18H15BrFN5O2. The second kappa shape index (κ2) is 7.67.